The van der Waals surface area contributed by atoms with Crippen molar-refractivity contribution in [1.82, 2.24) is 5.32 Å². The summed E-state index contributed by atoms with van der Waals surface area (Å²) >= 11 is 6.20. The summed E-state index contributed by atoms with van der Waals surface area (Å²) in [6.45, 7) is 5.82. The highest BCUT2D eigenvalue weighted by molar-refractivity contribution is 6.32. The molecule has 1 N–H and O–H groups in total. The summed E-state index contributed by atoms with van der Waals surface area (Å²) in [5.74, 6) is -0.330. The van der Waals surface area contributed by atoms with E-state index in [9.17, 15) is 14.9 Å². The van der Waals surface area contributed by atoms with Crippen molar-refractivity contribution in [3.8, 4) is 17.6 Å². The predicted molar refractivity (Wildman–Crippen MR) is 104 cm³/mol. The Morgan fingerprint density at radius 3 is 2.79 bits per heavy atom. The lowest BCUT2D eigenvalue weighted by molar-refractivity contribution is -0.144. The molecular weight excluding hydrogens is 384 g/mol. The average Bonchev–Trinajstić information content (AvgIpc) is 2.90. The van der Waals surface area contributed by atoms with Crippen molar-refractivity contribution in [3.63, 3.8) is 0 Å². The van der Waals surface area contributed by atoms with Crippen LogP contribution in [0, 0.1) is 17.2 Å². The van der Waals surface area contributed by atoms with E-state index in [2.05, 4.69) is 11.4 Å². The minimum atomic E-state index is -1.03. The fourth-order valence-corrected chi connectivity index (χ4v) is 2.60. The molecule has 1 aromatic rings. The first-order chi connectivity index (χ1) is 13.2. The molecule has 0 unspecified atom stereocenters. The number of halogens is 1. The molecule has 1 aliphatic heterocycles. The lowest BCUT2D eigenvalue weighted by Gasteiger charge is -2.27. The second-order valence-corrected chi connectivity index (χ2v) is 7.25. The lowest BCUT2D eigenvalue weighted by atomic mass is 9.90. The maximum atomic E-state index is 11.9. The zero-order valence-electron chi connectivity index (χ0n) is 16.1. The maximum Gasteiger partial charge on any atom is 0.331 e. The molecule has 8 heteroatoms. The summed E-state index contributed by atoms with van der Waals surface area (Å²) in [4.78, 5) is 23.8. The molecular formula is C20H23ClN2O5. The van der Waals surface area contributed by atoms with Gasteiger partial charge in [-0.05, 0) is 36.6 Å². The highest BCUT2D eigenvalue weighted by Crippen LogP contribution is 2.38. The highest BCUT2D eigenvalue weighted by Gasteiger charge is 2.30. The summed E-state index contributed by atoms with van der Waals surface area (Å²) in [5.41, 5.74) is -0.396. The van der Waals surface area contributed by atoms with Crippen LogP contribution in [-0.4, -0.2) is 37.2 Å². The van der Waals surface area contributed by atoms with E-state index >= 15 is 0 Å². The van der Waals surface area contributed by atoms with Crippen LogP contribution in [0.3, 0.4) is 0 Å². The first-order valence-electron chi connectivity index (χ1n) is 8.91. The Balaban J connectivity index is 1.94. The summed E-state index contributed by atoms with van der Waals surface area (Å²) in [7, 11) is 0. The van der Waals surface area contributed by atoms with E-state index in [0.29, 0.717) is 35.3 Å². The quantitative estimate of drug-likeness (QED) is 0.575. The van der Waals surface area contributed by atoms with Crippen molar-refractivity contribution in [2.75, 3.05) is 19.8 Å². The van der Waals surface area contributed by atoms with Gasteiger partial charge in [0.05, 0.1) is 24.3 Å². The van der Waals surface area contributed by atoms with Gasteiger partial charge in [-0.1, -0.05) is 25.4 Å². The minimum absolute atomic E-state index is 0.0961. The van der Waals surface area contributed by atoms with Gasteiger partial charge in [-0.25, -0.2) is 4.79 Å². The Morgan fingerprint density at radius 1 is 1.39 bits per heavy atom. The fraction of sp³-hybridized carbons (Fsp3) is 0.450. The van der Waals surface area contributed by atoms with Crippen LogP contribution < -0.4 is 14.8 Å². The number of ether oxygens (including phenoxy) is 3. The average molecular weight is 407 g/mol. The zero-order valence-corrected chi connectivity index (χ0v) is 16.8. The normalized spacial score (nSPS) is 15.4. The molecule has 2 rings (SSSR count). The van der Waals surface area contributed by atoms with Crippen LogP contribution >= 0.6 is 11.6 Å². The number of carbonyl (C=O) groups excluding carboxylic acids is 2. The van der Waals surface area contributed by atoms with Crippen LogP contribution in [0.5, 0.6) is 11.5 Å². The molecule has 0 spiro atoms. The Morgan fingerprint density at radius 2 is 2.11 bits per heavy atom. The van der Waals surface area contributed by atoms with Gasteiger partial charge in [0.2, 0.25) is 0 Å². The van der Waals surface area contributed by atoms with Crippen LogP contribution in [0.1, 0.15) is 32.8 Å². The zero-order chi connectivity index (χ0) is 20.7. The number of amides is 1. The number of rotatable bonds is 6. The molecule has 0 radical (unpaired) electrons. The number of nitrogens with one attached hydrogen (secondary N) is 1. The Kier molecular flexibility index (Phi) is 7.30. The molecule has 1 amide bonds. The van der Waals surface area contributed by atoms with Gasteiger partial charge in [-0.3, -0.25) is 4.79 Å². The van der Waals surface area contributed by atoms with Gasteiger partial charge in [-0.2, -0.15) is 5.26 Å². The molecule has 0 saturated carbocycles. The van der Waals surface area contributed by atoms with Crippen molar-refractivity contribution in [2.45, 2.75) is 32.7 Å². The van der Waals surface area contributed by atoms with E-state index in [1.165, 1.54) is 12.2 Å². The third-order valence-corrected chi connectivity index (χ3v) is 4.65. The van der Waals surface area contributed by atoms with Crippen LogP contribution in [0.15, 0.2) is 18.2 Å². The number of carbonyl (C=O) groups is 2. The third-order valence-electron chi connectivity index (χ3n) is 4.37. The predicted octanol–water partition coefficient (Wildman–Crippen LogP) is 3.11. The number of nitriles is 1. The molecule has 1 atom stereocenters. The number of fused-ring (bicyclic) bond motifs is 1. The van der Waals surface area contributed by atoms with E-state index in [0.717, 1.165) is 6.42 Å². The summed E-state index contributed by atoms with van der Waals surface area (Å²) in [5, 5.41) is 12.2. The molecule has 0 aromatic heterocycles. The molecule has 1 aromatic carbocycles. The van der Waals surface area contributed by atoms with E-state index < -0.39 is 24.0 Å². The number of hydrogen-bond donors (Lipinski definition) is 1. The molecule has 0 aliphatic carbocycles. The van der Waals surface area contributed by atoms with E-state index in [4.69, 9.17) is 25.8 Å². The molecule has 28 heavy (non-hydrogen) atoms. The topological polar surface area (TPSA) is 97.7 Å². The number of esters is 1. The van der Waals surface area contributed by atoms with Gasteiger partial charge in [0, 0.05) is 12.5 Å². The number of hydrogen-bond acceptors (Lipinski definition) is 6. The van der Waals surface area contributed by atoms with Crippen molar-refractivity contribution < 1.29 is 23.8 Å². The minimum Gasteiger partial charge on any atom is -0.489 e. The molecule has 0 bridgehead atoms. The van der Waals surface area contributed by atoms with Crippen LogP contribution in [0.25, 0.3) is 6.08 Å². The van der Waals surface area contributed by atoms with Crippen molar-refractivity contribution >= 4 is 29.6 Å². The van der Waals surface area contributed by atoms with Gasteiger partial charge in [0.15, 0.2) is 18.1 Å². The van der Waals surface area contributed by atoms with Crippen molar-refractivity contribution in [1.29, 1.82) is 5.26 Å². The van der Waals surface area contributed by atoms with Crippen LogP contribution in [0.4, 0.5) is 0 Å². The monoisotopic (exact) mass is 406 g/mol. The third kappa shape index (κ3) is 5.64. The van der Waals surface area contributed by atoms with Gasteiger partial charge in [0.25, 0.3) is 5.91 Å². The standard InChI is InChI=1S/C20H23ClN2O5/c1-13(2)20(3,12-22)23-17(24)11-28-18(25)6-5-14-9-15(21)19-16(10-14)26-7-4-8-27-19/h5-6,9-10,13H,4,7-8,11H2,1-3H3,(H,23,24)/b6-5+/t20-/m0/s1. The SMILES string of the molecule is CC(C)[C@](C)(C#N)NC(=O)COC(=O)/C=C/c1cc(Cl)c2c(c1)OCCCO2. The smallest absolute Gasteiger partial charge is 0.331 e. The van der Waals surface area contributed by atoms with Crippen LogP contribution in [0.2, 0.25) is 5.02 Å². The second-order valence-electron chi connectivity index (χ2n) is 6.84. The molecule has 0 fully saturated rings. The molecule has 1 aliphatic rings. The summed E-state index contributed by atoms with van der Waals surface area (Å²) < 4.78 is 16.1. The molecule has 1 heterocycles. The fourth-order valence-electron chi connectivity index (χ4n) is 2.32. The number of nitrogens with zero attached hydrogens (tertiary/aromatic N) is 1. The van der Waals surface area contributed by atoms with Gasteiger partial charge >= 0.3 is 5.97 Å². The number of benzene rings is 1. The lowest BCUT2D eigenvalue weighted by Crippen LogP contribution is -2.50. The maximum absolute atomic E-state index is 11.9. The van der Waals surface area contributed by atoms with E-state index in [-0.39, 0.29) is 5.92 Å². The molecule has 7 nitrogen and oxygen atoms in total. The first-order valence-corrected chi connectivity index (χ1v) is 9.29. The highest BCUT2D eigenvalue weighted by atomic mass is 35.5. The molecule has 150 valence electrons. The van der Waals surface area contributed by atoms with Gasteiger partial charge in [-0.15, -0.1) is 0 Å². The van der Waals surface area contributed by atoms with Crippen molar-refractivity contribution in [3.05, 3.63) is 28.8 Å². The first kappa shape index (κ1) is 21.6. The Bertz CT molecular complexity index is 816. The van der Waals surface area contributed by atoms with Gasteiger partial charge in [0.1, 0.15) is 5.54 Å². The Hall–Kier alpha value is -2.72. The summed E-state index contributed by atoms with van der Waals surface area (Å²) in [6.07, 6.45) is 3.45. The van der Waals surface area contributed by atoms with E-state index in [1.54, 1.807) is 19.1 Å². The van der Waals surface area contributed by atoms with Gasteiger partial charge < -0.3 is 19.5 Å². The van der Waals surface area contributed by atoms with Crippen molar-refractivity contribution in [2.24, 2.45) is 5.92 Å². The summed E-state index contributed by atoms with van der Waals surface area (Å²) in [6, 6.07) is 5.41. The van der Waals surface area contributed by atoms with Crippen LogP contribution in [-0.2, 0) is 14.3 Å². The molecule has 0 saturated heterocycles. The Labute approximate surface area is 169 Å². The second kappa shape index (κ2) is 9.47. The largest absolute Gasteiger partial charge is 0.489 e. The van der Waals surface area contributed by atoms with E-state index in [1.807, 2.05) is 13.8 Å².